The van der Waals surface area contributed by atoms with Crippen molar-refractivity contribution in [2.75, 3.05) is 32.8 Å². The fourth-order valence-electron chi connectivity index (χ4n) is 5.03. The molecule has 0 fully saturated rings. The van der Waals surface area contributed by atoms with Gasteiger partial charge in [-0.2, -0.15) is 0 Å². The van der Waals surface area contributed by atoms with Crippen LogP contribution in [0.15, 0.2) is 69.9 Å². The Hall–Kier alpha value is -3.64. The summed E-state index contributed by atoms with van der Waals surface area (Å²) in [6.45, 7) is 9.74. The molecule has 1 aliphatic heterocycles. The molecule has 0 N–H and O–H groups in total. The van der Waals surface area contributed by atoms with Crippen molar-refractivity contribution in [3.8, 4) is 5.75 Å². The molecule has 0 spiro atoms. The molecule has 6 nitrogen and oxygen atoms in total. The van der Waals surface area contributed by atoms with Crippen molar-refractivity contribution in [2.24, 2.45) is 0 Å². The molecule has 4 aromatic rings. The largest absolute Gasteiger partial charge is 0.494 e. The van der Waals surface area contributed by atoms with E-state index >= 15 is 0 Å². The molecule has 1 atom stereocenters. The first-order valence-corrected chi connectivity index (χ1v) is 12.3. The number of likely N-dealkylation sites (N-methyl/N-ethyl adjacent to an activating group) is 1. The first-order valence-electron chi connectivity index (χ1n) is 12.3. The Morgan fingerprint density at radius 3 is 2.37 bits per heavy atom. The molecule has 1 unspecified atom stereocenters. The Kier molecular flexibility index (Phi) is 6.31. The Balaban J connectivity index is 1.68. The zero-order valence-corrected chi connectivity index (χ0v) is 20.4. The van der Waals surface area contributed by atoms with E-state index in [4.69, 9.17) is 9.15 Å². The van der Waals surface area contributed by atoms with Crippen molar-refractivity contribution in [3.63, 3.8) is 0 Å². The second-order valence-corrected chi connectivity index (χ2v) is 8.77. The van der Waals surface area contributed by atoms with E-state index in [1.807, 2.05) is 67.6 Å². The SMILES string of the molecule is CCOc1ccc(C2c3c(oc4c(ccc5ccccc54)c3=O)C(=O)N2CCN(CC)CC)cc1. The highest BCUT2D eigenvalue weighted by Crippen LogP contribution is 2.39. The maximum Gasteiger partial charge on any atom is 0.290 e. The van der Waals surface area contributed by atoms with Gasteiger partial charge in [0.15, 0.2) is 5.43 Å². The molecule has 3 aromatic carbocycles. The van der Waals surface area contributed by atoms with Crippen molar-refractivity contribution in [3.05, 3.63) is 87.8 Å². The zero-order valence-electron chi connectivity index (χ0n) is 20.4. The smallest absolute Gasteiger partial charge is 0.290 e. The maximum atomic E-state index is 13.9. The topological polar surface area (TPSA) is 63.0 Å². The van der Waals surface area contributed by atoms with E-state index in [0.29, 0.717) is 29.7 Å². The second kappa shape index (κ2) is 9.55. The monoisotopic (exact) mass is 470 g/mol. The Bertz CT molecular complexity index is 1440. The van der Waals surface area contributed by atoms with Gasteiger partial charge in [0, 0.05) is 18.5 Å². The Labute approximate surface area is 204 Å². The van der Waals surface area contributed by atoms with Crippen LogP contribution in [0.3, 0.4) is 0 Å². The summed E-state index contributed by atoms with van der Waals surface area (Å²) in [4.78, 5) is 31.7. The molecule has 0 aliphatic carbocycles. The van der Waals surface area contributed by atoms with Gasteiger partial charge in [0.2, 0.25) is 5.76 Å². The van der Waals surface area contributed by atoms with Crippen LogP contribution in [0, 0.1) is 0 Å². The van der Waals surface area contributed by atoms with E-state index in [-0.39, 0.29) is 17.1 Å². The van der Waals surface area contributed by atoms with E-state index < -0.39 is 6.04 Å². The molecule has 1 amide bonds. The molecule has 35 heavy (non-hydrogen) atoms. The molecule has 0 saturated heterocycles. The van der Waals surface area contributed by atoms with E-state index in [9.17, 15) is 9.59 Å². The number of hydrogen-bond donors (Lipinski definition) is 0. The lowest BCUT2D eigenvalue weighted by Gasteiger charge is -2.28. The predicted molar refractivity (Wildman–Crippen MR) is 138 cm³/mol. The average Bonchev–Trinajstić information content (AvgIpc) is 3.17. The number of benzene rings is 3. The van der Waals surface area contributed by atoms with Crippen molar-refractivity contribution < 1.29 is 13.9 Å². The highest BCUT2D eigenvalue weighted by atomic mass is 16.5. The summed E-state index contributed by atoms with van der Waals surface area (Å²) in [5, 5.41) is 2.30. The maximum absolute atomic E-state index is 13.9. The lowest BCUT2D eigenvalue weighted by Crippen LogP contribution is -2.37. The molecule has 5 rings (SSSR count). The third-order valence-corrected chi connectivity index (χ3v) is 6.92. The number of amides is 1. The molecule has 0 saturated carbocycles. The lowest BCUT2D eigenvalue weighted by atomic mass is 9.97. The van der Waals surface area contributed by atoms with Crippen LogP contribution < -0.4 is 10.2 Å². The van der Waals surface area contributed by atoms with Crippen LogP contribution in [-0.2, 0) is 0 Å². The lowest BCUT2D eigenvalue weighted by molar-refractivity contribution is 0.0708. The van der Waals surface area contributed by atoms with E-state index in [2.05, 4.69) is 18.7 Å². The van der Waals surface area contributed by atoms with Gasteiger partial charge in [-0.3, -0.25) is 9.59 Å². The molecule has 0 bridgehead atoms. The molecular formula is C29H30N2O4. The number of fused-ring (bicyclic) bond motifs is 4. The van der Waals surface area contributed by atoms with Crippen molar-refractivity contribution >= 4 is 27.6 Å². The minimum absolute atomic E-state index is 0.149. The third kappa shape index (κ3) is 3.98. The van der Waals surface area contributed by atoms with Crippen LogP contribution in [0.1, 0.15) is 48.5 Å². The fourth-order valence-corrected chi connectivity index (χ4v) is 5.03. The molecule has 0 radical (unpaired) electrons. The number of carbonyl (C=O) groups is 1. The summed E-state index contributed by atoms with van der Waals surface area (Å²) >= 11 is 0. The van der Waals surface area contributed by atoms with E-state index in [1.165, 1.54) is 0 Å². The van der Waals surface area contributed by atoms with Gasteiger partial charge >= 0.3 is 0 Å². The standard InChI is InChI=1S/C29H30N2O4/c1-4-30(5-2)17-18-31-25(20-11-14-21(15-12-20)34-6-3)24-26(32)23-16-13-19-9-7-8-10-22(19)27(23)35-28(24)29(31)33/h7-16,25H,4-6,17-18H2,1-3H3. The molecule has 2 heterocycles. The van der Waals surface area contributed by atoms with Gasteiger partial charge in [0.25, 0.3) is 5.91 Å². The first-order chi connectivity index (χ1) is 17.1. The minimum atomic E-state index is -0.504. The molecule has 180 valence electrons. The predicted octanol–water partition coefficient (Wildman–Crippen LogP) is 5.23. The number of ether oxygens (including phenoxy) is 1. The zero-order chi connectivity index (χ0) is 24.5. The Morgan fingerprint density at radius 2 is 1.66 bits per heavy atom. The number of hydrogen-bond acceptors (Lipinski definition) is 5. The van der Waals surface area contributed by atoms with Crippen LogP contribution in [-0.4, -0.2) is 48.5 Å². The van der Waals surface area contributed by atoms with Crippen LogP contribution in [0.25, 0.3) is 21.7 Å². The van der Waals surface area contributed by atoms with Crippen LogP contribution >= 0.6 is 0 Å². The third-order valence-electron chi connectivity index (χ3n) is 6.92. The van der Waals surface area contributed by atoms with Crippen molar-refractivity contribution in [1.82, 2.24) is 9.80 Å². The summed E-state index contributed by atoms with van der Waals surface area (Å²) in [5.74, 6) is 0.669. The summed E-state index contributed by atoms with van der Waals surface area (Å²) in [7, 11) is 0. The van der Waals surface area contributed by atoms with Crippen LogP contribution in [0.4, 0.5) is 0 Å². The molecule has 1 aliphatic rings. The number of nitrogens with zero attached hydrogens (tertiary/aromatic N) is 2. The second-order valence-electron chi connectivity index (χ2n) is 8.77. The molecule has 1 aromatic heterocycles. The van der Waals surface area contributed by atoms with E-state index in [1.54, 1.807) is 4.90 Å². The fraction of sp³-hybridized carbons (Fsp3) is 0.310. The van der Waals surface area contributed by atoms with Crippen LogP contribution in [0.2, 0.25) is 0 Å². The summed E-state index contributed by atoms with van der Waals surface area (Å²) in [5.41, 5.74) is 1.61. The Morgan fingerprint density at radius 1 is 0.914 bits per heavy atom. The minimum Gasteiger partial charge on any atom is -0.494 e. The van der Waals surface area contributed by atoms with Gasteiger partial charge in [-0.1, -0.05) is 56.3 Å². The van der Waals surface area contributed by atoms with Crippen LogP contribution in [0.5, 0.6) is 5.75 Å². The molecule has 6 heteroatoms. The van der Waals surface area contributed by atoms with Gasteiger partial charge in [-0.25, -0.2) is 0 Å². The number of rotatable bonds is 8. The van der Waals surface area contributed by atoms with Gasteiger partial charge in [-0.05, 0) is 49.2 Å². The first kappa shape index (κ1) is 23.1. The number of carbonyl (C=O) groups excluding carboxylic acids is 1. The van der Waals surface area contributed by atoms with E-state index in [0.717, 1.165) is 41.7 Å². The van der Waals surface area contributed by atoms with Gasteiger partial charge in [-0.15, -0.1) is 0 Å². The van der Waals surface area contributed by atoms with Crippen molar-refractivity contribution in [1.29, 1.82) is 0 Å². The normalized spacial score (nSPS) is 15.4. The van der Waals surface area contributed by atoms with Gasteiger partial charge in [0.1, 0.15) is 11.3 Å². The summed E-state index contributed by atoms with van der Waals surface area (Å²) in [6.07, 6.45) is 0. The summed E-state index contributed by atoms with van der Waals surface area (Å²) in [6, 6.07) is 18.6. The summed E-state index contributed by atoms with van der Waals surface area (Å²) < 4.78 is 11.9. The van der Waals surface area contributed by atoms with Gasteiger partial charge in [0.05, 0.1) is 23.6 Å². The van der Waals surface area contributed by atoms with Gasteiger partial charge < -0.3 is 19.0 Å². The highest BCUT2D eigenvalue weighted by molar-refractivity contribution is 6.06. The quantitative estimate of drug-likeness (QED) is 0.330. The highest BCUT2D eigenvalue weighted by Gasteiger charge is 2.42. The average molecular weight is 471 g/mol. The van der Waals surface area contributed by atoms with Crippen molar-refractivity contribution in [2.45, 2.75) is 26.8 Å². The molecular weight excluding hydrogens is 440 g/mol.